The zero-order chi connectivity index (χ0) is 14.6. The van der Waals surface area contributed by atoms with Crippen molar-refractivity contribution < 1.29 is 9.18 Å². The van der Waals surface area contributed by atoms with E-state index in [1.165, 1.54) is 6.07 Å². The summed E-state index contributed by atoms with van der Waals surface area (Å²) in [6.45, 7) is 6.88. The Morgan fingerprint density at radius 1 is 1.42 bits per heavy atom. The van der Waals surface area contributed by atoms with E-state index >= 15 is 0 Å². The fourth-order valence-electron chi connectivity index (χ4n) is 1.74. The van der Waals surface area contributed by atoms with Crippen LogP contribution in [0.25, 0.3) is 0 Å². The molecule has 0 saturated carbocycles. The number of hydrogen-bond donors (Lipinski definition) is 1. The normalized spacial score (nSPS) is 13.2. The van der Waals surface area contributed by atoms with E-state index in [4.69, 9.17) is 0 Å². The minimum atomic E-state index is -0.520. The summed E-state index contributed by atoms with van der Waals surface area (Å²) < 4.78 is 14.1. The molecule has 0 bridgehead atoms. The van der Waals surface area contributed by atoms with Crippen LogP contribution in [0.3, 0.4) is 0 Å². The summed E-state index contributed by atoms with van der Waals surface area (Å²) in [5, 5.41) is 2.75. The Bertz CT molecular complexity index is 437. The first-order valence-corrected chi connectivity index (χ1v) is 7.78. The summed E-state index contributed by atoms with van der Waals surface area (Å²) in [7, 11) is 0. The Hall–Kier alpha value is -0.420. The number of alkyl halides is 1. The Morgan fingerprint density at radius 3 is 2.58 bits per heavy atom. The number of benzene rings is 1. The van der Waals surface area contributed by atoms with Crippen LogP contribution in [-0.4, -0.2) is 17.3 Å². The van der Waals surface area contributed by atoms with Gasteiger partial charge in [0.05, 0.1) is 5.56 Å². The van der Waals surface area contributed by atoms with Gasteiger partial charge in [-0.3, -0.25) is 4.79 Å². The predicted molar refractivity (Wildman–Crippen MR) is 83.2 cm³/mol. The Balaban J connectivity index is 2.61. The fraction of sp³-hybridized carbons (Fsp3) is 0.500. The molecule has 0 spiro atoms. The lowest BCUT2D eigenvalue weighted by Gasteiger charge is -2.22. The molecule has 1 amide bonds. The van der Waals surface area contributed by atoms with Crippen LogP contribution in [0.2, 0.25) is 0 Å². The zero-order valence-electron chi connectivity index (χ0n) is 11.3. The van der Waals surface area contributed by atoms with Crippen molar-refractivity contribution in [3.05, 3.63) is 34.1 Å². The molecule has 0 saturated heterocycles. The lowest BCUT2D eigenvalue weighted by molar-refractivity contribution is 0.0947. The van der Waals surface area contributed by atoms with Crippen LogP contribution in [-0.2, 0) is 0 Å². The number of rotatable bonds is 4. The first-order chi connectivity index (χ1) is 8.70. The quantitative estimate of drug-likeness (QED) is 0.747. The number of nitrogens with one attached hydrogen (secondary N) is 1. The molecule has 0 aliphatic heterocycles. The third kappa shape index (κ3) is 5.61. The molecule has 0 heterocycles. The molecule has 2 nitrogen and oxygen atoms in total. The molecule has 1 rings (SSSR count). The predicted octanol–water partition coefficient (Wildman–Crippen LogP) is 4.52. The number of hydrogen-bond acceptors (Lipinski definition) is 1. The SMILES string of the molecule is CC(C)(C)CC(Br)CNC(=O)c1c(F)cccc1Br. The van der Waals surface area contributed by atoms with Crippen LogP contribution >= 0.6 is 31.9 Å². The number of amides is 1. The van der Waals surface area contributed by atoms with Crippen LogP contribution in [0.5, 0.6) is 0 Å². The average Bonchev–Trinajstić information content (AvgIpc) is 2.23. The van der Waals surface area contributed by atoms with Crippen molar-refractivity contribution >= 4 is 37.8 Å². The minimum absolute atomic E-state index is 0.0537. The van der Waals surface area contributed by atoms with Crippen molar-refractivity contribution in [3.8, 4) is 0 Å². The van der Waals surface area contributed by atoms with Crippen molar-refractivity contribution in [1.29, 1.82) is 0 Å². The highest BCUT2D eigenvalue weighted by atomic mass is 79.9. The van der Waals surface area contributed by atoms with Crippen molar-refractivity contribution in [2.75, 3.05) is 6.54 Å². The third-order valence-corrected chi connectivity index (χ3v) is 3.82. The largest absolute Gasteiger partial charge is 0.351 e. The van der Waals surface area contributed by atoms with E-state index < -0.39 is 11.7 Å². The second-order valence-corrected chi connectivity index (χ2v) is 7.82. The highest BCUT2D eigenvalue weighted by Gasteiger charge is 2.19. The van der Waals surface area contributed by atoms with E-state index in [0.717, 1.165) is 6.42 Å². The van der Waals surface area contributed by atoms with E-state index in [-0.39, 0.29) is 15.8 Å². The van der Waals surface area contributed by atoms with Gasteiger partial charge in [0.1, 0.15) is 5.82 Å². The smallest absolute Gasteiger partial charge is 0.255 e. The van der Waals surface area contributed by atoms with Crippen molar-refractivity contribution in [1.82, 2.24) is 5.32 Å². The van der Waals surface area contributed by atoms with Gasteiger partial charge in [-0.1, -0.05) is 42.8 Å². The maximum atomic E-state index is 13.6. The van der Waals surface area contributed by atoms with E-state index in [0.29, 0.717) is 11.0 Å². The van der Waals surface area contributed by atoms with Gasteiger partial charge in [0.15, 0.2) is 0 Å². The number of carbonyl (C=O) groups is 1. The van der Waals surface area contributed by atoms with Crippen LogP contribution < -0.4 is 5.32 Å². The highest BCUT2D eigenvalue weighted by molar-refractivity contribution is 9.10. The number of carbonyl (C=O) groups excluding carboxylic acids is 1. The monoisotopic (exact) mass is 393 g/mol. The molecule has 0 radical (unpaired) electrons. The van der Waals surface area contributed by atoms with Gasteiger partial charge >= 0.3 is 0 Å². The maximum absolute atomic E-state index is 13.6. The topological polar surface area (TPSA) is 29.1 Å². The molecule has 106 valence electrons. The first-order valence-electron chi connectivity index (χ1n) is 6.07. The van der Waals surface area contributed by atoms with E-state index in [1.54, 1.807) is 12.1 Å². The maximum Gasteiger partial charge on any atom is 0.255 e. The molecular weight excluding hydrogens is 377 g/mol. The van der Waals surface area contributed by atoms with E-state index in [2.05, 4.69) is 57.9 Å². The van der Waals surface area contributed by atoms with Crippen LogP contribution in [0.15, 0.2) is 22.7 Å². The molecule has 0 aliphatic rings. The molecule has 1 atom stereocenters. The zero-order valence-corrected chi connectivity index (χ0v) is 14.4. The fourth-order valence-corrected chi connectivity index (χ4v) is 3.40. The average molecular weight is 395 g/mol. The van der Waals surface area contributed by atoms with Gasteiger partial charge in [-0.05, 0) is 39.9 Å². The molecule has 19 heavy (non-hydrogen) atoms. The second-order valence-electron chi connectivity index (χ2n) is 5.67. The molecule has 1 aromatic rings. The van der Waals surface area contributed by atoms with Crippen LogP contribution in [0, 0.1) is 11.2 Å². The van der Waals surface area contributed by atoms with E-state index in [9.17, 15) is 9.18 Å². The van der Waals surface area contributed by atoms with Gasteiger partial charge in [0.2, 0.25) is 0 Å². The van der Waals surface area contributed by atoms with E-state index in [1.807, 2.05) is 0 Å². The van der Waals surface area contributed by atoms with Crippen LogP contribution in [0.1, 0.15) is 37.6 Å². The Labute approximate surface area is 130 Å². The van der Waals surface area contributed by atoms with Crippen molar-refractivity contribution in [2.24, 2.45) is 5.41 Å². The van der Waals surface area contributed by atoms with Gasteiger partial charge in [-0.2, -0.15) is 0 Å². The van der Waals surface area contributed by atoms with Crippen LogP contribution in [0.4, 0.5) is 4.39 Å². The molecular formula is C14H18Br2FNO. The molecule has 1 aromatic carbocycles. The van der Waals surface area contributed by atoms with Gasteiger partial charge in [-0.25, -0.2) is 4.39 Å². The Morgan fingerprint density at radius 2 is 2.05 bits per heavy atom. The van der Waals surface area contributed by atoms with Gasteiger partial charge in [0.25, 0.3) is 5.91 Å². The lowest BCUT2D eigenvalue weighted by Crippen LogP contribution is -2.32. The van der Waals surface area contributed by atoms with Gasteiger partial charge in [0, 0.05) is 15.8 Å². The standard InChI is InChI=1S/C14H18Br2FNO/c1-14(2,3)7-9(15)8-18-13(19)12-10(16)5-4-6-11(12)17/h4-6,9H,7-8H2,1-3H3,(H,18,19). The summed E-state index contributed by atoms with van der Waals surface area (Å²) in [5.41, 5.74) is 0.232. The minimum Gasteiger partial charge on any atom is -0.351 e. The molecule has 0 fully saturated rings. The summed E-state index contributed by atoms with van der Waals surface area (Å²) in [4.78, 5) is 12.1. The summed E-state index contributed by atoms with van der Waals surface area (Å²) >= 11 is 6.72. The molecule has 1 unspecified atom stereocenters. The Kier molecular flexibility index (Phi) is 5.99. The first kappa shape index (κ1) is 16.6. The molecule has 1 N–H and O–H groups in total. The third-order valence-electron chi connectivity index (χ3n) is 2.51. The molecule has 5 heteroatoms. The molecule has 0 aliphatic carbocycles. The van der Waals surface area contributed by atoms with Gasteiger partial charge < -0.3 is 5.32 Å². The van der Waals surface area contributed by atoms with Gasteiger partial charge in [-0.15, -0.1) is 0 Å². The number of halogens is 3. The summed E-state index contributed by atoms with van der Waals surface area (Å²) in [6, 6.07) is 4.49. The van der Waals surface area contributed by atoms with Crippen molar-refractivity contribution in [2.45, 2.75) is 32.0 Å². The molecule has 0 aromatic heterocycles. The highest BCUT2D eigenvalue weighted by Crippen LogP contribution is 2.24. The summed E-state index contributed by atoms with van der Waals surface area (Å²) in [5.74, 6) is -0.919. The lowest BCUT2D eigenvalue weighted by atomic mass is 9.90. The second kappa shape index (κ2) is 6.84. The van der Waals surface area contributed by atoms with Crippen molar-refractivity contribution in [3.63, 3.8) is 0 Å². The summed E-state index contributed by atoms with van der Waals surface area (Å²) in [6.07, 6.45) is 0.922.